The molecule has 2 unspecified atom stereocenters. The van der Waals surface area contributed by atoms with E-state index in [1.54, 1.807) is 0 Å². The van der Waals surface area contributed by atoms with Gasteiger partial charge in [-0.1, -0.05) is 0 Å². The van der Waals surface area contributed by atoms with Gasteiger partial charge in [-0.3, -0.25) is 0 Å². The molecule has 294 valence electrons. The molecule has 55 heavy (non-hydrogen) atoms. The molecule has 0 saturated heterocycles. The molecule has 3 amide bonds. The van der Waals surface area contributed by atoms with E-state index in [2.05, 4.69) is 68.8 Å². The molecule has 2 aliphatic carbocycles. The summed E-state index contributed by atoms with van der Waals surface area (Å²) in [5.74, 6) is 0.0788. The molecule has 4 aromatic rings. The minimum absolute atomic E-state index is 0.0788. The van der Waals surface area contributed by atoms with Crippen LogP contribution in [0.2, 0.25) is 19.3 Å². The van der Waals surface area contributed by atoms with Crippen LogP contribution < -0.4 is 10.6 Å². The van der Waals surface area contributed by atoms with Crippen LogP contribution in [-0.2, 0) is 14.3 Å². The maximum atomic E-state index is 14.7. The first-order valence-corrected chi connectivity index (χ1v) is 31.1. The zero-order chi connectivity index (χ0) is 38.8. The molecule has 2 fully saturated rings. The van der Waals surface area contributed by atoms with Gasteiger partial charge < -0.3 is 0 Å². The Kier molecular flexibility index (Phi) is 14.4. The number of carbonyl (C=O) groups is 3. The fourth-order valence-electron chi connectivity index (χ4n) is 7.24. The summed E-state index contributed by atoms with van der Waals surface area (Å²) in [6, 6.07) is 28.6. The standard InChI is InChI=1S/C42H51N4O5.3CH3.Sn/c1-3-4-5-6-7-12-27-46(30(2)47)45(28-39(50-41(48)43-33-23-24-33)37-21-13-17-31-15-8-10-19-35(31)37)29-40(51-42(49)44-34-25-26-34)38-22-14-18-32-16-9-11-20-36(32)38;;;;/h8-11,13-22,33-34,39-40H,2-7,12,23-29H2,1H3,(H,43,48)(H,44,49);3*1H3;. The van der Waals surface area contributed by atoms with Crippen molar-refractivity contribution in [1.29, 1.82) is 0 Å². The maximum absolute atomic E-state index is 14.7. The van der Waals surface area contributed by atoms with E-state index in [1.807, 2.05) is 58.5 Å². The normalized spacial score (nSPS) is 15.4. The van der Waals surface area contributed by atoms with Gasteiger partial charge in [0.25, 0.3) is 0 Å². The Hall–Kier alpha value is -3.83. The van der Waals surface area contributed by atoms with Gasteiger partial charge in [-0.25, -0.2) is 0 Å². The number of hydrazine groups is 1. The molecule has 10 heteroatoms. The predicted octanol–water partition coefficient (Wildman–Crippen LogP) is 10.3. The second-order valence-electron chi connectivity index (χ2n) is 16.7. The van der Waals surface area contributed by atoms with Crippen LogP contribution in [0.25, 0.3) is 21.5 Å². The van der Waals surface area contributed by atoms with E-state index in [0.717, 1.165) is 77.6 Å². The summed E-state index contributed by atoms with van der Waals surface area (Å²) in [7, 11) is 0. The summed E-state index contributed by atoms with van der Waals surface area (Å²) in [5.41, 5.74) is 1.73. The van der Waals surface area contributed by atoms with Crippen LogP contribution in [0.1, 0.15) is 94.5 Å². The number of benzene rings is 4. The summed E-state index contributed by atoms with van der Waals surface area (Å²) < 4.78 is 13.3. The topological polar surface area (TPSA) is 100 Å². The number of nitrogens with zero attached hydrogens (tertiary/aromatic N) is 2. The van der Waals surface area contributed by atoms with Crippen molar-refractivity contribution in [2.24, 2.45) is 0 Å². The first-order chi connectivity index (χ1) is 26.6. The molecule has 2 N–H and O–H groups in total. The molecule has 6 rings (SSSR count). The van der Waals surface area contributed by atoms with Crippen LogP contribution in [0.4, 0.5) is 9.59 Å². The van der Waals surface area contributed by atoms with Crippen LogP contribution in [0.5, 0.6) is 0 Å². The van der Waals surface area contributed by atoms with Crippen LogP contribution in [0.3, 0.4) is 0 Å². The van der Waals surface area contributed by atoms with Crippen molar-refractivity contribution >= 4 is 58.0 Å². The minimum atomic E-state index is -2.67. The number of carbonyl (C=O) groups excluding carboxylic acids is 3. The van der Waals surface area contributed by atoms with Gasteiger partial charge in [0.05, 0.1) is 0 Å². The Bertz CT molecular complexity index is 1780. The molecule has 0 radical (unpaired) electrons. The van der Waals surface area contributed by atoms with Crippen LogP contribution >= 0.6 is 0 Å². The van der Waals surface area contributed by atoms with Gasteiger partial charge in [0.1, 0.15) is 0 Å². The van der Waals surface area contributed by atoms with Crippen molar-refractivity contribution in [2.75, 3.05) is 19.6 Å². The molecule has 2 saturated carbocycles. The molecule has 2 aliphatic rings. The Morgan fingerprint density at radius 2 is 1.11 bits per heavy atom. The van der Waals surface area contributed by atoms with Crippen molar-refractivity contribution in [3.8, 4) is 0 Å². The molecule has 0 spiro atoms. The van der Waals surface area contributed by atoms with Crippen molar-refractivity contribution in [1.82, 2.24) is 20.7 Å². The second-order valence-corrected chi connectivity index (χ2v) is 32.3. The molecule has 0 heterocycles. The number of fused-ring (bicyclic) bond motifs is 2. The number of ether oxygens (including phenoxy) is 2. The summed E-state index contributed by atoms with van der Waals surface area (Å²) in [4.78, 5) is 48.6. The van der Waals surface area contributed by atoms with E-state index in [0.29, 0.717) is 11.0 Å². The van der Waals surface area contributed by atoms with E-state index in [1.165, 1.54) is 19.3 Å². The summed E-state index contributed by atoms with van der Waals surface area (Å²) >= 11 is -2.67. The fourth-order valence-corrected chi connectivity index (χ4v) is 10.4. The number of nitrogens with one attached hydrogen (secondary N) is 2. The first kappa shape index (κ1) is 40.8. The van der Waals surface area contributed by atoms with E-state index in [4.69, 9.17) is 9.47 Å². The summed E-state index contributed by atoms with van der Waals surface area (Å²) in [6.45, 7) is 3.14. The third-order valence-corrected chi connectivity index (χ3v) is 14.3. The van der Waals surface area contributed by atoms with E-state index < -0.39 is 42.8 Å². The zero-order valence-corrected chi connectivity index (χ0v) is 36.1. The number of amides is 3. The monoisotopic (exact) mass is 856 g/mol. The number of rotatable bonds is 20. The third-order valence-electron chi connectivity index (χ3n) is 10.4. The number of alkyl carbamates (subject to hydrolysis) is 2. The predicted molar refractivity (Wildman–Crippen MR) is 223 cm³/mol. The van der Waals surface area contributed by atoms with Gasteiger partial charge in [-0.15, -0.1) is 0 Å². The molecule has 2 atom stereocenters. The van der Waals surface area contributed by atoms with E-state index >= 15 is 0 Å². The van der Waals surface area contributed by atoms with Gasteiger partial charge in [-0.05, 0) is 0 Å². The number of hydrogen-bond donors (Lipinski definition) is 2. The Morgan fingerprint density at radius 1 is 0.655 bits per heavy atom. The van der Waals surface area contributed by atoms with E-state index in [9.17, 15) is 14.4 Å². The number of hydrogen-bond acceptors (Lipinski definition) is 6. The summed E-state index contributed by atoms with van der Waals surface area (Å²) in [5, 5.41) is 14.1. The molecule has 0 aromatic heterocycles. The van der Waals surface area contributed by atoms with E-state index in [-0.39, 0.29) is 31.1 Å². The molecule has 9 nitrogen and oxygen atoms in total. The van der Waals surface area contributed by atoms with Crippen LogP contribution in [0, 0.1) is 0 Å². The van der Waals surface area contributed by atoms with Gasteiger partial charge in [-0.2, -0.15) is 0 Å². The fraction of sp³-hybridized carbons (Fsp3) is 0.489. The van der Waals surface area contributed by atoms with Gasteiger partial charge in [0.2, 0.25) is 0 Å². The Balaban J connectivity index is 1.42. The Morgan fingerprint density at radius 3 is 1.58 bits per heavy atom. The third kappa shape index (κ3) is 12.3. The molecule has 0 aliphatic heterocycles. The molecule has 0 bridgehead atoms. The molecule has 4 aromatic carbocycles. The van der Waals surface area contributed by atoms with Crippen LogP contribution in [-0.4, -0.2) is 78.2 Å². The van der Waals surface area contributed by atoms with Gasteiger partial charge in [0.15, 0.2) is 0 Å². The zero-order valence-electron chi connectivity index (χ0n) is 33.2. The molecular weight excluding hydrogens is 795 g/mol. The summed E-state index contributed by atoms with van der Waals surface area (Å²) in [6.07, 6.45) is 7.87. The SMILES string of the molecule is CCCCCCCCN(C(=O)[CH2][Sn]([CH3])([CH3])[CH3])N(CC(OC(=O)NC1CC1)c1cccc2ccccc12)CC(OC(=O)NC1CC1)c1cccc2ccccc12. The van der Waals surface area contributed by atoms with Crippen molar-refractivity contribution in [3.63, 3.8) is 0 Å². The van der Waals surface area contributed by atoms with Gasteiger partial charge in [0, 0.05) is 0 Å². The number of unbranched alkanes of at least 4 members (excludes halogenated alkanes) is 5. The van der Waals surface area contributed by atoms with Crippen LogP contribution in [0.15, 0.2) is 84.9 Å². The van der Waals surface area contributed by atoms with Crippen molar-refractivity contribution in [3.05, 3.63) is 96.1 Å². The van der Waals surface area contributed by atoms with Gasteiger partial charge >= 0.3 is 333 Å². The average Bonchev–Trinajstić information content (AvgIpc) is 4.11. The van der Waals surface area contributed by atoms with Crippen molar-refractivity contribution in [2.45, 2.75) is 115 Å². The quantitative estimate of drug-likeness (QED) is 0.0522. The second kappa shape index (κ2) is 19.4. The van der Waals surface area contributed by atoms with Crippen molar-refractivity contribution < 1.29 is 23.9 Å². The Labute approximate surface area is 331 Å². The average molecular weight is 856 g/mol. The first-order valence-electron chi connectivity index (χ1n) is 20.5. The molecular formula is C45H60N4O5Sn.